The summed E-state index contributed by atoms with van der Waals surface area (Å²) in [5.74, 6) is 0. The molecule has 1 nitrogen and oxygen atoms in total. The molecular weight excluding hydrogens is 248 g/mol. The van der Waals surface area contributed by atoms with E-state index < -0.39 is 8.32 Å². The third-order valence-corrected chi connectivity index (χ3v) is 7.44. The summed E-state index contributed by atoms with van der Waals surface area (Å²) in [6.07, 6.45) is 0. The second kappa shape index (κ2) is 4.95. The summed E-state index contributed by atoms with van der Waals surface area (Å²) in [6.45, 7) is 10.4. The minimum absolute atomic E-state index is 1.13. The highest BCUT2D eigenvalue weighted by molar-refractivity contribution is 6.96. The van der Waals surface area contributed by atoms with Crippen LogP contribution >= 0.6 is 0 Å². The molecule has 0 aliphatic carbocycles. The first kappa shape index (κ1) is 14.0. The highest BCUT2D eigenvalue weighted by atomic mass is 28.4. The lowest BCUT2D eigenvalue weighted by atomic mass is 10.1. The Morgan fingerprint density at radius 3 is 1.47 bits per heavy atom. The van der Waals surface area contributed by atoms with Gasteiger partial charge in [0.1, 0.15) is 0 Å². The van der Waals surface area contributed by atoms with Gasteiger partial charge in [0, 0.05) is 0 Å². The zero-order valence-corrected chi connectivity index (χ0v) is 13.4. The first-order valence-electron chi connectivity index (χ1n) is 6.71. The highest BCUT2D eigenvalue weighted by Gasteiger charge is 2.33. The molecule has 2 aromatic carbocycles. The highest BCUT2D eigenvalue weighted by Crippen LogP contribution is 2.13. The molecule has 0 atom stereocenters. The standard InChI is InChI=1S/C17H22OSi/c1-12-8-6-10-16(14(12)3)19(5,18)17-11-7-9-13(2)15(17)4/h6-11,18H,1-5H3. The molecule has 2 heteroatoms. The normalized spacial score (nSPS) is 11.7. The second-order valence-electron chi connectivity index (χ2n) is 5.57. The Kier molecular flexibility index (Phi) is 3.66. The number of aryl methyl sites for hydroxylation is 2. The van der Waals surface area contributed by atoms with Crippen molar-refractivity contribution in [1.82, 2.24) is 0 Å². The fourth-order valence-electron chi connectivity index (χ4n) is 2.70. The van der Waals surface area contributed by atoms with Crippen LogP contribution in [0.1, 0.15) is 22.3 Å². The van der Waals surface area contributed by atoms with Crippen molar-refractivity contribution >= 4 is 18.7 Å². The van der Waals surface area contributed by atoms with E-state index in [-0.39, 0.29) is 0 Å². The Hall–Kier alpha value is -1.38. The zero-order chi connectivity index (χ0) is 14.2. The number of rotatable bonds is 2. The van der Waals surface area contributed by atoms with Crippen molar-refractivity contribution in [2.24, 2.45) is 0 Å². The summed E-state index contributed by atoms with van der Waals surface area (Å²) in [5.41, 5.74) is 4.94. The van der Waals surface area contributed by atoms with E-state index in [9.17, 15) is 4.80 Å². The molecule has 0 spiro atoms. The average molecular weight is 270 g/mol. The lowest BCUT2D eigenvalue weighted by Crippen LogP contribution is -2.58. The molecule has 100 valence electrons. The quantitative estimate of drug-likeness (QED) is 0.832. The second-order valence-corrected chi connectivity index (χ2v) is 8.79. The van der Waals surface area contributed by atoms with Gasteiger partial charge in [0.05, 0.1) is 0 Å². The zero-order valence-electron chi connectivity index (χ0n) is 12.4. The van der Waals surface area contributed by atoms with Crippen molar-refractivity contribution in [1.29, 1.82) is 0 Å². The van der Waals surface area contributed by atoms with Crippen molar-refractivity contribution in [3.8, 4) is 0 Å². The molecule has 2 aromatic rings. The van der Waals surface area contributed by atoms with Crippen molar-refractivity contribution in [2.45, 2.75) is 34.2 Å². The van der Waals surface area contributed by atoms with Crippen LogP contribution in [0.5, 0.6) is 0 Å². The van der Waals surface area contributed by atoms with Gasteiger partial charge >= 0.3 is 0 Å². The van der Waals surface area contributed by atoms with E-state index >= 15 is 0 Å². The first-order chi connectivity index (χ1) is 8.85. The molecule has 0 bridgehead atoms. The molecule has 0 radical (unpaired) electrons. The van der Waals surface area contributed by atoms with Crippen molar-refractivity contribution in [3.05, 3.63) is 58.7 Å². The monoisotopic (exact) mass is 270 g/mol. The van der Waals surface area contributed by atoms with E-state index in [0.29, 0.717) is 0 Å². The molecule has 0 aromatic heterocycles. The van der Waals surface area contributed by atoms with E-state index in [1.54, 1.807) is 0 Å². The summed E-state index contributed by atoms with van der Waals surface area (Å²) >= 11 is 0. The molecule has 0 saturated heterocycles. The average Bonchev–Trinajstić information content (AvgIpc) is 2.35. The van der Waals surface area contributed by atoms with Crippen molar-refractivity contribution in [3.63, 3.8) is 0 Å². The number of hydrogen-bond donors (Lipinski definition) is 1. The molecule has 0 unspecified atom stereocenters. The van der Waals surface area contributed by atoms with Gasteiger partial charge in [-0.15, -0.1) is 0 Å². The fraction of sp³-hybridized carbons (Fsp3) is 0.294. The third-order valence-electron chi connectivity index (χ3n) is 4.26. The summed E-state index contributed by atoms with van der Waals surface area (Å²) < 4.78 is 0. The van der Waals surface area contributed by atoms with Gasteiger partial charge in [-0.2, -0.15) is 0 Å². The van der Waals surface area contributed by atoms with Gasteiger partial charge in [-0.1, -0.05) is 36.4 Å². The molecular formula is C17H22OSi. The molecule has 0 heterocycles. The first-order valence-corrected chi connectivity index (χ1v) is 9.16. The Labute approximate surface area is 117 Å². The van der Waals surface area contributed by atoms with Crippen LogP contribution in [0.4, 0.5) is 0 Å². The molecule has 0 fully saturated rings. The largest absolute Gasteiger partial charge is 0.424 e. The number of hydrogen-bond acceptors (Lipinski definition) is 1. The summed E-state index contributed by atoms with van der Waals surface area (Å²) in [6, 6.07) is 12.5. The van der Waals surface area contributed by atoms with E-state index in [1.807, 2.05) is 18.7 Å². The molecule has 19 heavy (non-hydrogen) atoms. The summed E-state index contributed by atoms with van der Waals surface area (Å²) in [5, 5.41) is 2.25. The topological polar surface area (TPSA) is 20.2 Å². The van der Waals surface area contributed by atoms with Crippen LogP contribution < -0.4 is 10.4 Å². The molecule has 0 aliphatic heterocycles. The fourth-order valence-corrected chi connectivity index (χ4v) is 5.69. The van der Waals surface area contributed by atoms with E-state index in [0.717, 1.165) is 10.4 Å². The maximum absolute atomic E-state index is 11.2. The predicted octanol–water partition coefficient (Wildman–Crippen LogP) is 2.60. The predicted molar refractivity (Wildman–Crippen MR) is 84.9 cm³/mol. The Bertz CT molecular complexity index is 561. The summed E-state index contributed by atoms with van der Waals surface area (Å²) in [7, 11) is -2.61. The smallest absolute Gasteiger partial charge is 0.249 e. The van der Waals surface area contributed by atoms with Crippen LogP contribution in [-0.4, -0.2) is 13.1 Å². The van der Waals surface area contributed by atoms with Gasteiger partial charge in [-0.25, -0.2) is 0 Å². The van der Waals surface area contributed by atoms with Gasteiger partial charge in [0.25, 0.3) is 0 Å². The van der Waals surface area contributed by atoms with E-state index in [2.05, 4.69) is 52.0 Å². The molecule has 0 aliphatic rings. The molecule has 1 N–H and O–H groups in total. The number of benzene rings is 2. The summed E-state index contributed by atoms with van der Waals surface area (Å²) in [4.78, 5) is 11.2. The lowest BCUT2D eigenvalue weighted by Gasteiger charge is -2.26. The van der Waals surface area contributed by atoms with Crippen LogP contribution in [-0.2, 0) is 0 Å². The van der Waals surface area contributed by atoms with Gasteiger partial charge in [-0.05, 0) is 66.9 Å². The minimum atomic E-state index is -2.61. The van der Waals surface area contributed by atoms with E-state index in [4.69, 9.17) is 0 Å². The van der Waals surface area contributed by atoms with Gasteiger partial charge in [0.15, 0.2) is 0 Å². The van der Waals surface area contributed by atoms with Crippen molar-refractivity contribution < 1.29 is 4.80 Å². The Morgan fingerprint density at radius 2 is 1.11 bits per heavy atom. The minimum Gasteiger partial charge on any atom is -0.424 e. The Morgan fingerprint density at radius 1 is 0.737 bits per heavy atom. The molecule has 0 saturated carbocycles. The van der Waals surface area contributed by atoms with E-state index in [1.165, 1.54) is 22.3 Å². The van der Waals surface area contributed by atoms with Crippen LogP contribution in [0.15, 0.2) is 36.4 Å². The molecule has 2 rings (SSSR count). The van der Waals surface area contributed by atoms with Crippen LogP contribution in [0.25, 0.3) is 0 Å². The maximum Gasteiger partial charge on any atom is 0.249 e. The van der Waals surface area contributed by atoms with Crippen LogP contribution in [0.2, 0.25) is 6.55 Å². The third kappa shape index (κ3) is 2.38. The SMILES string of the molecule is Cc1cccc([Si](C)(O)c2cccc(C)c2C)c1C. The molecule has 0 amide bonds. The maximum atomic E-state index is 11.2. The van der Waals surface area contributed by atoms with Crippen molar-refractivity contribution in [2.75, 3.05) is 0 Å². The van der Waals surface area contributed by atoms with Gasteiger partial charge in [0.2, 0.25) is 8.32 Å². The van der Waals surface area contributed by atoms with Gasteiger partial charge < -0.3 is 4.80 Å². The van der Waals surface area contributed by atoms with Crippen LogP contribution in [0.3, 0.4) is 0 Å². The van der Waals surface area contributed by atoms with Gasteiger partial charge in [-0.3, -0.25) is 0 Å². The Balaban J connectivity index is 2.65. The van der Waals surface area contributed by atoms with Crippen LogP contribution in [0, 0.1) is 27.7 Å². The lowest BCUT2D eigenvalue weighted by molar-refractivity contribution is 0.575.